The standard InChI is InChI=1S/C20H21N3O4/c1-14-6-7-15(2)20(16(14)3)27-13-19(24)22-21-12-4-5-17-8-10-18(11-9-17)23(25)26/h4-12H,13H2,1-3H3,(H,22,24). The molecular weight excluding hydrogens is 346 g/mol. The third-order valence-corrected chi connectivity index (χ3v) is 3.96. The first-order chi connectivity index (χ1) is 12.9. The molecule has 0 heterocycles. The molecule has 0 atom stereocenters. The summed E-state index contributed by atoms with van der Waals surface area (Å²) in [6, 6.07) is 10.1. The van der Waals surface area contributed by atoms with E-state index in [9.17, 15) is 14.9 Å². The lowest BCUT2D eigenvalue weighted by molar-refractivity contribution is -0.384. The lowest BCUT2D eigenvalue weighted by Crippen LogP contribution is -2.24. The van der Waals surface area contributed by atoms with Crippen molar-refractivity contribution < 1.29 is 14.5 Å². The summed E-state index contributed by atoms with van der Waals surface area (Å²) in [4.78, 5) is 22.0. The van der Waals surface area contributed by atoms with E-state index >= 15 is 0 Å². The molecule has 0 saturated carbocycles. The summed E-state index contributed by atoms with van der Waals surface area (Å²) in [6.45, 7) is 5.75. The fourth-order valence-corrected chi connectivity index (χ4v) is 2.33. The van der Waals surface area contributed by atoms with Gasteiger partial charge in [-0.25, -0.2) is 5.43 Å². The summed E-state index contributed by atoms with van der Waals surface area (Å²) in [5, 5.41) is 14.4. The number of allylic oxidation sites excluding steroid dienone is 1. The van der Waals surface area contributed by atoms with Gasteiger partial charge in [0.25, 0.3) is 11.6 Å². The van der Waals surface area contributed by atoms with E-state index in [-0.39, 0.29) is 18.2 Å². The molecule has 0 bridgehead atoms. The van der Waals surface area contributed by atoms with Gasteiger partial charge in [-0.15, -0.1) is 0 Å². The SMILES string of the molecule is Cc1ccc(C)c(OCC(=O)NN=CC=Cc2ccc([N+](=O)[O-])cc2)c1C. The van der Waals surface area contributed by atoms with E-state index in [1.807, 2.05) is 32.9 Å². The van der Waals surface area contributed by atoms with Gasteiger partial charge in [0.1, 0.15) is 5.75 Å². The summed E-state index contributed by atoms with van der Waals surface area (Å²) in [5.74, 6) is 0.350. The van der Waals surface area contributed by atoms with E-state index in [1.54, 1.807) is 24.3 Å². The highest BCUT2D eigenvalue weighted by molar-refractivity contribution is 5.82. The largest absolute Gasteiger partial charge is 0.483 e. The third kappa shape index (κ3) is 5.78. The minimum Gasteiger partial charge on any atom is -0.483 e. The Hall–Kier alpha value is -3.48. The Bertz CT molecular complexity index is 887. The molecule has 1 amide bonds. The third-order valence-electron chi connectivity index (χ3n) is 3.96. The van der Waals surface area contributed by atoms with Crippen LogP contribution in [0.25, 0.3) is 6.08 Å². The van der Waals surface area contributed by atoms with Gasteiger partial charge in [-0.05, 0) is 61.2 Å². The van der Waals surface area contributed by atoms with Gasteiger partial charge in [-0.3, -0.25) is 14.9 Å². The fraction of sp³-hybridized carbons (Fsp3) is 0.200. The molecular formula is C20H21N3O4. The number of hydrogen-bond acceptors (Lipinski definition) is 5. The highest BCUT2D eigenvalue weighted by Gasteiger charge is 2.08. The lowest BCUT2D eigenvalue weighted by Gasteiger charge is -2.13. The average Bonchev–Trinajstić information content (AvgIpc) is 2.65. The Balaban J connectivity index is 1.81. The lowest BCUT2D eigenvalue weighted by atomic mass is 10.1. The summed E-state index contributed by atoms with van der Waals surface area (Å²) in [5.41, 5.74) is 6.29. The molecule has 1 N–H and O–H groups in total. The maximum atomic E-state index is 11.8. The number of benzene rings is 2. The van der Waals surface area contributed by atoms with Crippen LogP contribution >= 0.6 is 0 Å². The molecule has 140 valence electrons. The molecule has 0 radical (unpaired) electrons. The summed E-state index contributed by atoms with van der Waals surface area (Å²) in [6.07, 6.45) is 4.76. The number of ether oxygens (including phenoxy) is 1. The quantitative estimate of drug-likeness (QED) is 0.458. The number of nitro groups is 1. The van der Waals surface area contributed by atoms with Crippen molar-refractivity contribution in [1.29, 1.82) is 0 Å². The van der Waals surface area contributed by atoms with Crippen LogP contribution in [-0.2, 0) is 4.79 Å². The van der Waals surface area contributed by atoms with Crippen molar-refractivity contribution in [2.24, 2.45) is 5.10 Å². The molecule has 0 aliphatic rings. The smallest absolute Gasteiger partial charge is 0.277 e. The van der Waals surface area contributed by atoms with E-state index in [0.717, 1.165) is 22.3 Å². The van der Waals surface area contributed by atoms with Gasteiger partial charge in [0.2, 0.25) is 0 Å². The second-order valence-corrected chi connectivity index (χ2v) is 5.96. The monoisotopic (exact) mass is 367 g/mol. The highest BCUT2D eigenvalue weighted by Crippen LogP contribution is 2.25. The van der Waals surface area contributed by atoms with Crippen molar-refractivity contribution in [2.75, 3.05) is 6.61 Å². The zero-order chi connectivity index (χ0) is 19.8. The molecule has 0 spiro atoms. The summed E-state index contributed by atoms with van der Waals surface area (Å²) >= 11 is 0. The molecule has 7 heteroatoms. The van der Waals surface area contributed by atoms with Gasteiger partial charge < -0.3 is 4.74 Å². The Morgan fingerprint density at radius 1 is 1.15 bits per heavy atom. The van der Waals surface area contributed by atoms with Crippen molar-refractivity contribution >= 4 is 23.9 Å². The van der Waals surface area contributed by atoms with Crippen LogP contribution in [-0.4, -0.2) is 23.7 Å². The molecule has 0 aliphatic carbocycles. The second-order valence-electron chi connectivity index (χ2n) is 5.96. The molecule has 0 unspecified atom stereocenters. The Kier molecular flexibility index (Phi) is 6.82. The number of nitrogens with one attached hydrogen (secondary N) is 1. The Morgan fingerprint density at radius 2 is 1.81 bits per heavy atom. The molecule has 2 aromatic rings. The number of hydrogen-bond donors (Lipinski definition) is 1. The zero-order valence-corrected chi connectivity index (χ0v) is 15.4. The summed E-state index contributed by atoms with van der Waals surface area (Å²) in [7, 11) is 0. The van der Waals surface area contributed by atoms with Crippen LogP contribution in [0.2, 0.25) is 0 Å². The molecule has 0 aliphatic heterocycles. The number of carbonyl (C=O) groups is 1. The number of hydrazone groups is 1. The maximum Gasteiger partial charge on any atom is 0.277 e. The van der Waals surface area contributed by atoms with Crippen LogP contribution in [0.3, 0.4) is 0 Å². The fourth-order valence-electron chi connectivity index (χ4n) is 2.33. The topological polar surface area (TPSA) is 93.8 Å². The van der Waals surface area contributed by atoms with Crippen molar-refractivity contribution in [1.82, 2.24) is 5.43 Å². The molecule has 2 aromatic carbocycles. The zero-order valence-electron chi connectivity index (χ0n) is 15.4. The van der Waals surface area contributed by atoms with Crippen LogP contribution in [0, 0.1) is 30.9 Å². The molecule has 27 heavy (non-hydrogen) atoms. The summed E-state index contributed by atoms with van der Waals surface area (Å²) < 4.78 is 5.61. The predicted molar refractivity (Wildman–Crippen MR) is 105 cm³/mol. The van der Waals surface area contributed by atoms with Crippen molar-refractivity contribution in [3.63, 3.8) is 0 Å². The number of nitrogens with zero attached hydrogens (tertiary/aromatic N) is 2. The predicted octanol–water partition coefficient (Wildman–Crippen LogP) is 3.71. The van der Waals surface area contributed by atoms with Gasteiger partial charge in [0.15, 0.2) is 6.61 Å². The van der Waals surface area contributed by atoms with Crippen LogP contribution in [0.15, 0.2) is 47.6 Å². The number of amides is 1. The molecule has 0 saturated heterocycles. The van der Waals surface area contributed by atoms with Crippen molar-refractivity contribution in [3.8, 4) is 5.75 Å². The molecule has 7 nitrogen and oxygen atoms in total. The van der Waals surface area contributed by atoms with E-state index in [1.165, 1.54) is 18.3 Å². The Labute approximate surface area is 157 Å². The van der Waals surface area contributed by atoms with Crippen LogP contribution < -0.4 is 10.2 Å². The molecule has 0 aromatic heterocycles. The van der Waals surface area contributed by atoms with Crippen molar-refractivity contribution in [2.45, 2.75) is 20.8 Å². The normalized spacial score (nSPS) is 11.1. The number of aryl methyl sites for hydroxylation is 2. The van der Waals surface area contributed by atoms with E-state index in [0.29, 0.717) is 5.75 Å². The van der Waals surface area contributed by atoms with Gasteiger partial charge in [0.05, 0.1) is 4.92 Å². The first kappa shape index (κ1) is 19.8. The van der Waals surface area contributed by atoms with E-state index < -0.39 is 4.92 Å². The van der Waals surface area contributed by atoms with Crippen molar-refractivity contribution in [3.05, 3.63) is 74.8 Å². The van der Waals surface area contributed by atoms with E-state index in [2.05, 4.69) is 10.5 Å². The average molecular weight is 367 g/mol. The number of non-ortho nitro benzene ring substituents is 1. The first-order valence-corrected chi connectivity index (χ1v) is 8.31. The number of rotatable bonds is 7. The van der Waals surface area contributed by atoms with Crippen LogP contribution in [0.5, 0.6) is 5.75 Å². The maximum absolute atomic E-state index is 11.8. The van der Waals surface area contributed by atoms with Gasteiger partial charge in [-0.2, -0.15) is 5.10 Å². The van der Waals surface area contributed by atoms with Crippen LogP contribution in [0.4, 0.5) is 5.69 Å². The van der Waals surface area contributed by atoms with Gasteiger partial charge in [0, 0.05) is 18.3 Å². The minimum atomic E-state index is -0.452. The number of nitro benzene ring substituents is 1. The van der Waals surface area contributed by atoms with E-state index in [4.69, 9.17) is 4.74 Å². The van der Waals surface area contributed by atoms with Crippen LogP contribution in [0.1, 0.15) is 22.3 Å². The molecule has 2 rings (SSSR count). The minimum absolute atomic E-state index is 0.0344. The first-order valence-electron chi connectivity index (χ1n) is 8.31. The molecule has 0 fully saturated rings. The second kappa shape index (κ2) is 9.28. The van der Waals surface area contributed by atoms with Gasteiger partial charge >= 0.3 is 0 Å². The number of carbonyl (C=O) groups excluding carboxylic acids is 1. The highest BCUT2D eigenvalue weighted by atomic mass is 16.6. The Morgan fingerprint density at radius 3 is 2.48 bits per heavy atom. The van der Waals surface area contributed by atoms with Gasteiger partial charge in [-0.1, -0.05) is 18.2 Å².